The van der Waals surface area contributed by atoms with Crippen molar-refractivity contribution in [1.82, 2.24) is 5.32 Å². The van der Waals surface area contributed by atoms with Gasteiger partial charge in [0, 0.05) is 35.0 Å². The van der Waals surface area contributed by atoms with Crippen molar-refractivity contribution in [1.29, 1.82) is 0 Å². The van der Waals surface area contributed by atoms with Crippen LogP contribution in [0.1, 0.15) is 35.0 Å². The van der Waals surface area contributed by atoms with Gasteiger partial charge in [0.2, 0.25) is 5.91 Å². The number of thiophene rings is 1. The summed E-state index contributed by atoms with van der Waals surface area (Å²) < 4.78 is 0. The molecule has 4 nitrogen and oxygen atoms in total. The first kappa shape index (κ1) is 14.8. The van der Waals surface area contributed by atoms with Gasteiger partial charge in [-0.15, -0.1) is 11.3 Å². The molecule has 0 radical (unpaired) electrons. The number of nitrogens with one attached hydrogen (secondary N) is 2. The minimum atomic E-state index is -0.146. The van der Waals surface area contributed by atoms with Gasteiger partial charge in [-0.3, -0.25) is 9.59 Å². The number of carbonyl (C=O) groups is 2. The van der Waals surface area contributed by atoms with E-state index in [9.17, 15) is 9.59 Å². The number of anilines is 1. The fraction of sp³-hybridized carbons (Fsp3) is 0.294. The molecule has 1 aromatic carbocycles. The first-order valence-corrected chi connectivity index (χ1v) is 8.17. The molecule has 0 bridgehead atoms. The second-order valence-corrected chi connectivity index (χ2v) is 6.65. The largest absolute Gasteiger partial charge is 0.351 e. The maximum Gasteiger partial charge on any atom is 0.251 e. The van der Waals surface area contributed by atoms with Crippen molar-refractivity contribution in [3.05, 3.63) is 52.2 Å². The minimum Gasteiger partial charge on any atom is -0.351 e. The Morgan fingerprint density at radius 1 is 1.23 bits per heavy atom. The van der Waals surface area contributed by atoms with Crippen molar-refractivity contribution >= 4 is 28.8 Å². The van der Waals surface area contributed by atoms with E-state index in [-0.39, 0.29) is 17.2 Å². The van der Waals surface area contributed by atoms with E-state index >= 15 is 0 Å². The van der Waals surface area contributed by atoms with Crippen LogP contribution in [0.25, 0.3) is 0 Å². The first-order chi connectivity index (χ1) is 10.6. The van der Waals surface area contributed by atoms with Gasteiger partial charge < -0.3 is 10.6 Å². The SMILES string of the molecule is CC(=O)Nc1cccc(C(=O)NCC2(c3cccs3)CC2)c1. The average Bonchev–Trinajstić information content (AvgIpc) is 3.07. The van der Waals surface area contributed by atoms with Gasteiger partial charge in [-0.25, -0.2) is 0 Å². The molecular weight excluding hydrogens is 296 g/mol. The summed E-state index contributed by atoms with van der Waals surface area (Å²) in [5.74, 6) is -0.248. The number of carbonyl (C=O) groups excluding carboxylic acids is 2. The molecule has 0 unspecified atom stereocenters. The molecule has 0 atom stereocenters. The lowest BCUT2D eigenvalue weighted by Gasteiger charge is -2.14. The van der Waals surface area contributed by atoms with E-state index in [0.717, 1.165) is 12.8 Å². The van der Waals surface area contributed by atoms with Crippen molar-refractivity contribution in [2.24, 2.45) is 0 Å². The molecule has 1 aliphatic carbocycles. The molecule has 114 valence electrons. The van der Waals surface area contributed by atoms with Crippen LogP contribution in [0.2, 0.25) is 0 Å². The van der Waals surface area contributed by atoms with E-state index in [4.69, 9.17) is 0 Å². The smallest absolute Gasteiger partial charge is 0.251 e. The molecule has 2 aromatic rings. The highest BCUT2D eigenvalue weighted by atomic mass is 32.1. The van der Waals surface area contributed by atoms with E-state index in [2.05, 4.69) is 28.1 Å². The zero-order valence-corrected chi connectivity index (χ0v) is 13.2. The van der Waals surface area contributed by atoms with E-state index < -0.39 is 0 Å². The number of benzene rings is 1. The summed E-state index contributed by atoms with van der Waals surface area (Å²) in [6.45, 7) is 2.11. The third kappa shape index (κ3) is 3.20. The molecule has 1 fully saturated rings. The zero-order chi connectivity index (χ0) is 15.6. The van der Waals surface area contributed by atoms with Crippen LogP contribution in [-0.4, -0.2) is 18.4 Å². The summed E-state index contributed by atoms with van der Waals surface area (Å²) in [5.41, 5.74) is 1.34. The monoisotopic (exact) mass is 314 g/mol. The fourth-order valence-electron chi connectivity index (χ4n) is 2.53. The lowest BCUT2D eigenvalue weighted by Crippen LogP contribution is -2.31. The van der Waals surface area contributed by atoms with Gasteiger partial charge in [-0.2, -0.15) is 0 Å². The standard InChI is InChI=1S/C17H18N2O2S/c1-12(20)19-14-5-2-4-13(10-14)16(21)18-11-17(7-8-17)15-6-3-9-22-15/h2-6,9-10H,7-8,11H2,1H3,(H,18,21)(H,19,20). The number of hydrogen-bond donors (Lipinski definition) is 2. The summed E-state index contributed by atoms with van der Waals surface area (Å²) in [4.78, 5) is 24.7. The highest BCUT2D eigenvalue weighted by molar-refractivity contribution is 7.10. The lowest BCUT2D eigenvalue weighted by molar-refractivity contribution is -0.114. The Hall–Kier alpha value is -2.14. The van der Waals surface area contributed by atoms with Crippen LogP contribution in [-0.2, 0) is 10.2 Å². The molecule has 5 heteroatoms. The molecular formula is C17H18N2O2S. The summed E-state index contributed by atoms with van der Waals surface area (Å²) in [5, 5.41) is 7.79. The first-order valence-electron chi connectivity index (χ1n) is 7.29. The highest BCUT2D eigenvalue weighted by Crippen LogP contribution is 2.49. The molecule has 1 aliphatic rings. The van der Waals surface area contributed by atoms with E-state index in [0.29, 0.717) is 17.8 Å². The average molecular weight is 314 g/mol. The maximum absolute atomic E-state index is 12.3. The summed E-state index contributed by atoms with van der Waals surface area (Å²) >= 11 is 1.75. The van der Waals surface area contributed by atoms with E-state index in [1.165, 1.54) is 11.8 Å². The molecule has 0 spiro atoms. The highest BCUT2D eigenvalue weighted by Gasteiger charge is 2.45. The quantitative estimate of drug-likeness (QED) is 0.890. The molecule has 22 heavy (non-hydrogen) atoms. The number of rotatable bonds is 5. The van der Waals surface area contributed by atoms with Crippen LogP contribution in [0, 0.1) is 0 Å². The Morgan fingerprint density at radius 2 is 2.05 bits per heavy atom. The lowest BCUT2D eigenvalue weighted by atomic mass is 10.1. The van der Waals surface area contributed by atoms with Crippen LogP contribution in [0.5, 0.6) is 0 Å². The summed E-state index contributed by atoms with van der Waals surface area (Å²) in [6.07, 6.45) is 2.25. The summed E-state index contributed by atoms with van der Waals surface area (Å²) in [6, 6.07) is 11.2. The Morgan fingerprint density at radius 3 is 2.68 bits per heavy atom. The molecule has 0 aliphatic heterocycles. The second-order valence-electron chi connectivity index (χ2n) is 5.70. The topological polar surface area (TPSA) is 58.2 Å². The predicted molar refractivity (Wildman–Crippen MR) is 88.3 cm³/mol. The van der Waals surface area contributed by atoms with Crippen molar-refractivity contribution < 1.29 is 9.59 Å². The number of hydrogen-bond acceptors (Lipinski definition) is 3. The van der Waals surface area contributed by atoms with Gasteiger partial charge in [0.25, 0.3) is 5.91 Å². The Kier molecular flexibility index (Phi) is 3.98. The van der Waals surface area contributed by atoms with E-state index in [1.54, 1.807) is 35.6 Å². The normalized spacial score (nSPS) is 15.1. The molecule has 1 aromatic heterocycles. The third-order valence-electron chi connectivity index (χ3n) is 3.93. The van der Waals surface area contributed by atoms with Crippen molar-refractivity contribution in [3.8, 4) is 0 Å². The Balaban J connectivity index is 1.64. The van der Waals surface area contributed by atoms with Gasteiger partial charge in [0.15, 0.2) is 0 Å². The molecule has 1 heterocycles. The van der Waals surface area contributed by atoms with Gasteiger partial charge in [-0.1, -0.05) is 12.1 Å². The second kappa shape index (κ2) is 5.93. The third-order valence-corrected chi connectivity index (χ3v) is 5.05. The zero-order valence-electron chi connectivity index (χ0n) is 12.4. The van der Waals surface area contributed by atoms with Gasteiger partial charge in [-0.05, 0) is 42.5 Å². The molecule has 3 rings (SSSR count). The van der Waals surface area contributed by atoms with Gasteiger partial charge in [0.05, 0.1) is 0 Å². The number of amides is 2. The predicted octanol–water partition coefficient (Wildman–Crippen LogP) is 3.17. The maximum atomic E-state index is 12.3. The van der Waals surface area contributed by atoms with Crippen LogP contribution in [0.15, 0.2) is 41.8 Å². The molecule has 2 amide bonds. The van der Waals surface area contributed by atoms with Crippen molar-refractivity contribution in [3.63, 3.8) is 0 Å². The van der Waals surface area contributed by atoms with Gasteiger partial charge in [0.1, 0.15) is 0 Å². The van der Waals surface area contributed by atoms with Crippen LogP contribution < -0.4 is 10.6 Å². The van der Waals surface area contributed by atoms with Crippen LogP contribution >= 0.6 is 11.3 Å². The Bertz CT molecular complexity index is 690. The van der Waals surface area contributed by atoms with Crippen LogP contribution in [0.3, 0.4) is 0 Å². The van der Waals surface area contributed by atoms with Crippen LogP contribution in [0.4, 0.5) is 5.69 Å². The minimum absolute atomic E-state index is 0.102. The molecule has 0 saturated heterocycles. The fourth-order valence-corrected chi connectivity index (χ4v) is 3.52. The molecule has 2 N–H and O–H groups in total. The Labute approximate surface area is 133 Å². The van der Waals surface area contributed by atoms with Gasteiger partial charge >= 0.3 is 0 Å². The van der Waals surface area contributed by atoms with Crippen molar-refractivity contribution in [2.75, 3.05) is 11.9 Å². The van der Waals surface area contributed by atoms with Crippen molar-refractivity contribution in [2.45, 2.75) is 25.2 Å². The molecule has 1 saturated carbocycles. The van der Waals surface area contributed by atoms with E-state index in [1.807, 2.05) is 0 Å². The summed E-state index contributed by atoms with van der Waals surface area (Å²) in [7, 11) is 0.